The van der Waals surface area contributed by atoms with Gasteiger partial charge in [0.1, 0.15) is 10.4 Å². The second kappa shape index (κ2) is 4.61. The first-order valence-corrected chi connectivity index (χ1v) is 6.90. The Hall–Kier alpha value is -1.15. The van der Waals surface area contributed by atoms with Gasteiger partial charge in [0.15, 0.2) is 0 Å². The Labute approximate surface area is 106 Å². The monoisotopic (exact) mass is 273 g/mol. The molecule has 1 saturated heterocycles. The highest BCUT2D eigenvalue weighted by Crippen LogP contribution is 2.29. The highest BCUT2D eigenvalue weighted by Gasteiger charge is 2.43. The van der Waals surface area contributed by atoms with Crippen molar-refractivity contribution in [2.24, 2.45) is 0 Å². The number of carbonyl (C=O) groups excluding carboxylic acids is 1. The van der Waals surface area contributed by atoms with Crippen LogP contribution in [-0.4, -0.2) is 43.6 Å². The predicted molar refractivity (Wildman–Crippen MR) is 64.4 cm³/mol. The molecule has 0 spiro atoms. The van der Waals surface area contributed by atoms with Crippen LogP contribution in [0.25, 0.3) is 0 Å². The van der Waals surface area contributed by atoms with Gasteiger partial charge in [-0.2, -0.15) is 11.8 Å². The van der Waals surface area contributed by atoms with E-state index in [1.807, 2.05) is 0 Å². The number of amides is 1. The molecule has 0 radical (unpaired) electrons. The maximum Gasteiger partial charge on any atom is 0.330 e. The van der Waals surface area contributed by atoms with Gasteiger partial charge in [0, 0.05) is 5.75 Å². The lowest BCUT2D eigenvalue weighted by Gasteiger charge is -2.24. The minimum Gasteiger partial charge on any atom is -0.479 e. The normalized spacial score (nSPS) is 23.6. The molecule has 2 rings (SSSR count). The van der Waals surface area contributed by atoms with Crippen LogP contribution in [0.4, 0.5) is 0 Å². The quantitative estimate of drug-likeness (QED) is 0.835. The zero-order chi connectivity index (χ0) is 12.5. The van der Waals surface area contributed by atoms with Gasteiger partial charge < -0.3 is 10.4 Å². The van der Waals surface area contributed by atoms with Gasteiger partial charge >= 0.3 is 5.97 Å². The fourth-order valence-corrected chi connectivity index (χ4v) is 3.48. The van der Waals surface area contributed by atoms with Gasteiger partial charge in [-0.15, -0.1) is 5.10 Å². The molecule has 17 heavy (non-hydrogen) atoms. The number of aryl methyl sites for hydroxylation is 1. The third-order valence-electron chi connectivity index (χ3n) is 2.64. The van der Waals surface area contributed by atoms with E-state index in [2.05, 4.69) is 14.9 Å². The minimum absolute atomic E-state index is 0.377. The standard InChI is InChI=1S/C9H11N3O3S2/c1-5-6(17-12-11-5)7(13)10-9(8(14)15)2-3-16-4-9/h2-4H2,1H3,(H,10,13)(H,14,15)/t9-/m0/s1. The maximum absolute atomic E-state index is 11.9. The van der Waals surface area contributed by atoms with Crippen molar-refractivity contribution in [3.63, 3.8) is 0 Å². The maximum atomic E-state index is 11.9. The number of aliphatic carboxylic acids is 1. The van der Waals surface area contributed by atoms with Crippen LogP contribution >= 0.6 is 23.3 Å². The van der Waals surface area contributed by atoms with E-state index in [0.717, 1.165) is 17.3 Å². The van der Waals surface area contributed by atoms with Gasteiger partial charge in [0.05, 0.1) is 5.69 Å². The summed E-state index contributed by atoms with van der Waals surface area (Å²) < 4.78 is 3.66. The van der Waals surface area contributed by atoms with Crippen molar-refractivity contribution in [1.29, 1.82) is 0 Å². The number of aromatic nitrogens is 2. The fraction of sp³-hybridized carbons (Fsp3) is 0.556. The zero-order valence-electron chi connectivity index (χ0n) is 9.10. The topological polar surface area (TPSA) is 92.2 Å². The van der Waals surface area contributed by atoms with Crippen LogP contribution in [0, 0.1) is 6.92 Å². The van der Waals surface area contributed by atoms with Crippen molar-refractivity contribution >= 4 is 35.2 Å². The van der Waals surface area contributed by atoms with Crippen LogP contribution in [0.3, 0.4) is 0 Å². The van der Waals surface area contributed by atoms with Gasteiger partial charge in [-0.25, -0.2) is 4.79 Å². The first-order chi connectivity index (χ1) is 8.05. The molecule has 1 aromatic rings. The number of carboxylic acid groups (broad SMARTS) is 1. The van der Waals surface area contributed by atoms with Gasteiger partial charge in [-0.3, -0.25) is 4.79 Å². The molecule has 1 fully saturated rings. The first-order valence-electron chi connectivity index (χ1n) is 4.98. The molecule has 0 aromatic carbocycles. The average Bonchev–Trinajstić information content (AvgIpc) is 2.87. The third kappa shape index (κ3) is 2.27. The Morgan fingerprint density at radius 2 is 2.29 bits per heavy atom. The fourth-order valence-electron chi connectivity index (χ4n) is 1.60. The van der Waals surface area contributed by atoms with Crippen LogP contribution in [-0.2, 0) is 4.79 Å². The number of rotatable bonds is 3. The Bertz CT molecular complexity index is 454. The molecule has 0 aliphatic carbocycles. The number of nitrogens with one attached hydrogen (secondary N) is 1. The summed E-state index contributed by atoms with van der Waals surface area (Å²) in [5, 5.41) is 15.6. The number of hydrogen-bond acceptors (Lipinski definition) is 6. The summed E-state index contributed by atoms with van der Waals surface area (Å²) in [6.07, 6.45) is 0.448. The summed E-state index contributed by atoms with van der Waals surface area (Å²) in [6, 6.07) is 0. The second-order valence-electron chi connectivity index (χ2n) is 3.83. The lowest BCUT2D eigenvalue weighted by molar-refractivity contribution is -0.143. The lowest BCUT2D eigenvalue weighted by atomic mass is 9.99. The molecule has 0 saturated carbocycles. The van der Waals surface area contributed by atoms with E-state index in [0.29, 0.717) is 22.7 Å². The highest BCUT2D eigenvalue weighted by atomic mass is 32.2. The molecule has 1 aromatic heterocycles. The molecule has 2 heterocycles. The molecule has 1 aliphatic rings. The van der Waals surface area contributed by atoms with Crippen LogP contribution in [0.2, 0.25) is 0 Å². The highest BCUT2D eigenvalue weighted by molar-refractivity contribution is 7.99. The van der Waals surface area contributed by atoms with E-state index in [1.54, 1.807) is 6.92 Å². The molecule has 2 N–H and O–H groups in total. The van der Waals surface area contributed by atoms with Crippen molar-refractivity contribution < 1.29 is 14.7 Å². The van der Waals surface area contributed by atoms with Gasteiger partial charge in [-0.1, -0.05) is 4.49 Å². The molecular weight excluding hydrogens is 262 g/mol. The van der Waals surface area contributed by atoms with E-state index >= 15 is 0 Å². The summed E-state index contributed by atoms with van der Waals surface area (Å²) in [7, 11) is 0. The Balaban J connectivity index is 2.17. The molecule has 6 nitrogen and oxygen atoms in total. The van der Waals surface area contributed by atoms with Crippen LogP contribution in [0.15, 0.2) is 0 Å². The number of hydrogen-bond donors (Lipinski definition) is 2. The van der Waals surface area contributed by atoms with Crippen molar-refractivity contribution in [3.8, 4) is 0 Å². The summed E-state index contributed by atoms with van der Waals surface area (Å²) in [5.74, 6) is -0.236. The van der Waals surface area contributed by atoms with E-state index in [4.69, 9.17) is 0 Å². The van der Waals surface area contributed by atoms with E-state index in [1.165, 1.54) is 11.8 Å². The van der Waals surface area contributed by atoms with Crippen LogP contribution < -0.4 is 5.32 Å². The van der Waals surface area contributed by atoms with Crippen LogP contribution in [0.1, 0.15) is 21.8 Å². The van der Waals surface area contributed by atoms with Gasteiger partial charge in [0.2, 0.25) is 0 Å². The third-order valence-corrected chi connectivity index (χ3v) is 4.66. The first kappa shape index (κ1) is 12.3. The average molecular weight is 273 g/mol. The Kier molecular flexibility index (Phi) is 3.34. The lowest BCUT2D eigenvalue weighted by Crippen LogP contribution is -2.54. The summed E-state index contributed by atoms with van der Waals surface area (Å²) in [5.41, 5.74) is -0.614. The molecule has 0 bridgehead atoms. The van der Waals surface area contributed by atoms with E-state index in [-0.39, 0.29) is 0 Å². The van der Waals surface area contributed by atoms with Gasteiger partial charge in [-0.05, 0) is 30.6 Å². The van der Waals surface area contributed by atoms with Crippen LogP contribution in [0.5, 0.6) is 0 Å². The number of thioether (sulfide) groups is 1. The number of carbonyl (C=O) groups is 2. The SMILES string of the molecule is Cc1nnsc1C(=O)N[C@@]1(C(=O)O)CCSC1. The van der Waals surface area contributed by atoms with Crippen molar-refractivity contribution in [2.75, 3.05) is 11.5 Å². The number of nitrogens with zero attached hydrogens (tertiary/aromatic N) is 2. The molecule has 8 heteroatoms. The second-order valence-corrected chi connectivity index (χ2v) is 5.69. The molecule has 1 amide bonds. The number of carboxylic acids is 1. The molecule has 0 unspecified atom stereocenters. The zero-order valence-corrected chi connectivity index (χ0v) is 10.7. The molecule has 92 valence electrons. The molecular formula is C9H11N3O3S2. The predicted octanol–water partition coefficient (Wildman–Crippen LogP) is 0.537. The van der Waals surface area contributed by atoms with Crippen molar-refractivity contribution in [2.45, 2.75) is 18.9 Å². The van der Waals surface area contributed by atoms with Crippen molar-refractivity contribution in [1.82, 2.24) is 14.9 Å². The smallest absolute Gasteiger partial charge is 0.330 e. The van der Waals surface area contributed by atoms with E-state index < -0.39 is 17.4 Å². The Morgan fingerprint density at radius 3 is 2.76 bits per heavy atom. The molecule has 1 aliphatic heterocycles. The summed E-state index contributed by atoms with van der Waals surface area (Å²) >= 11 is 2.51. The Morgan fingerprint density at radius 1 is 1.53 bits per heavy atom. The molecule has 1 atom stereocenters. The van der Waals surface area contributed by atoms with Crippen molar-refractivity contribution in [3.05, 3.63) is 10.6 Å². The van der Waals surface area contributed by atoms with E-state index in [9.17, 15) is 14.7 Å². The summed E-state index contributed by atoms with van der Waals surface area (Å²) in [6.45, 7) is 1.68. The summed E-state index contributed by atoms with van der Waals surface area (Å²) in [4.78, 5) is 23.6. The minimum atomic E-state index is -1.14. The van der Waals surface area contributed by atoms with Gasteiger partial charge in [0.25, 0.3) is 5.91 Å². The largest absolute Gasteiger partial charge is 0.479 e.